The maximum atomic E-state index is 4.67. The van der Waals surface area contributed by atoms with Gasteiger partial charge < -0.3 is 0 Å². The van der Waals surface area contributed by atoms with Crippen LogP contribution in [-0.4, -0.2) is 4.98 Å². The largest absolute Gasteiger partial charge is 0.249 e. The minimum atomic E-state index is 0.801. The molecule has 3 rings (SSSR count). The van der Waals surface area contributed by atoms with Crippen molar-refractivity contribution < 1.29 is 0 Å². The van der Waals surface area contributed by atoms with Gasteiger partial charge in [-0.25, -0.2) is 4.98 Å². The van der Waals surface area contributed by atoms with Crippen molar-refractivity contribution in [3.05, 3.63) is 16.1 Å². The highest BCUT2D eigenvalue weighted by Crippen LogP contribution is 2.53. The van der Waals surface area contributed by atoms with E-state index in [1.807, 2.05) is 11.3 Å². The molecular weight excluding hydrogens is 214 g/mol. The van der Waals surface area contributed by atoms with Crippen LogP contribution in [-0.2, 0) is 0 Å². The first kappa shape index (κ1) is 10.8. The summed E-state index contributed by atoms with van der Waals surface area (Å²) in [6.07, 6.45) is 9.17. The lowest BCUT2D eigenvalue weighted by Crippen LogP contribution is -1.90. The van der Waals surface area contributed by atoms with Crippen LogP contribution in [0.5, 0.6) is 0 Å². The molecule has 0 N–H and O–H groups in total. The Bertz CT molecular complexity index is 363. The van der Waals surface area contributed by atoms with Crippen LogP contribution in [0.25, 0.3) is 0 Å². The van der Waals surface area contributed by atoms with Crippen LogP contribution < -0.4 is 0 Å². The zero-order chi connectivity index (χ0) is 11.1. The van der Waals surface area contributed by atoms with Crippen molar-refractivity contribution in [2.75, 3.05) is 0 Å². The second-order valence-electron chi connectivity index (χ2n) is 5.83. The quantitative estimate of drug-likeness (QED) is 0.748. The third-order valence-electron chi connectivity index (χ3n) is 4.31. The van der Waals surface area contributed by atoms with Crippen molar-refractivity contribution in [3.63, 3.8) is 0 Å². The smallest absolute Gasteiger partial charge is 0.0958 e. The Labute approximate surface area is 102 Å². The number of rotatable bonds is 3. The summed E-state index contributed by atoms with van der Waals surface area (Å²) in [7, 11) is 0. The molecule has 1 heterocycles. The van der Waals surface area contributed by atoms with Gasteiger partial charge >= 0.3 is 0 Å². The van der Waals surface area contributed by atoms with Gasteiger partial charge in [-0.05, 0) is 37.0 Å². The number of thiazole rings is 1. The van der Waals surface area contributed by atoms with Gasteiger partial charge in [0.05, 0.1) is 5.01 Å². The second kappa shape index (κ2) is 4.14. The summed E-state index contributed by atoms with van der Waals surface area (Å²) in [5, 5.41) is 1.43. The minimum absolute atomic E-state index is 0.801. The van der Waals surface area contributed by atoms with E-state index in [0.29, 0.717) is 0 Å². The molecule has 2 aliphatic carbocycles. The second-order valence-corrected chi connectivity index (χ2v) is 6.93. The van der Waals surface area contributed by atoms with Gasteiger partial charge in [0, 0.05) is 17.0 Å². The molecule has 0 unspecified atom stereocenters. The van der Waals surface area contributed by atoms with Gasteiger partial charge in [0.25, 0.3) is 0 Å². The van der Waals surface area contributed by atoms with E-state index in [1.54, 1.807) is 4.88 Å². The SMILES string of the molecule is CC(C)[C@@H]1C[C@H]1c1cnc(C2CCCC2)s1. The Morgan fingerprint density at radius 2 is 2.06 bits per heavy atom. The predicted octanol–water partition coefficient (Wildman–Crippen LogP) is 4.56. The fraction of sp³-hybridized carbons (Fsp3) is 0.786. The fourth-order valence-electron chi connectivity index (χ4n) is 3.11. The van der Waals surface area contributed by atoms with Gasteiger partial charge in [0.2, 0.25) is 0 Å². The summed E-state index contributed by atoms with van der Waals surface area (Å²) >= 11 is 2.01. The van der Waals surface area contributed by atoms with Crippen LogP contribution in [0.3, 0.4) is 0 Å². The molecule has 0 saturated heterocycles. The number of nitrogens with zero attached hydrogens (tertiary/aromatic N) is 1. The molecule has 1 aromatic rings. The Kier molecular flexibility index (Phi) is 2.78. The van der Waals surface area contributed by atoms with E-state index in [9.17, 15) is 0 Å². The number of aromatic nitrogens is 1. The molecule has 2 atom stereocenters. The standard InChI is InChI=1S/C14H21NS/c1-9(2)11-7-12(11)13-8-15-14(16-13)10-5-3-4-6-10/h8-12H,3-7H2,1-2H3/t11-,12+/m0/s1. The zero-order valence-electron chi connectivity index (χ0n) is 10.3. The topological polar surface area (TPSA) is 12.9 Å². The lowest BCUT2D eigenvalue weighted by molar-refractivity contribution is 0.550. The van der Waals surface area contributed by atoms with Crippen molar-refractivity contribution >= 4 is 11.3 Å². The highest BCUT2D eigenvalue weighted by Gasteiger charge is 2.41. The molecule has 2 saturated carbocycles. The van der Waals surface area contributed by atoms with E-state index >= 15 is 0 Å². The lowest BCUT2D eigenvalue weighted by Gasteiger charge is -2.03. The van der Waals surface area contributed by atoms with Crippen LogP contribution in [0.1, 0.15) is 67.7 Å². The molecule has 0 aliphatic heterocycles. The maximum Gasteiger partial charge on any atom is 0.0958 e. The lowest BCUT2D eigenvalue weighted by atomic mass is 10.1. The molecular formula is C14H21NS. The van der Waals surface area contributed by atoms with Crippen LogP contribution in [0.4, 0.5) is 0 Å². The highest BCUT2D eigenvalue weighted by molar-refractivity contribution is 7.11. The molecule has 1 nitrogen and oxygen atoms in total. The molecule has 1 aromatic heterocycles. The minimum Gasteiger partial charge on any atom is -0.249 e. The Morgan fingerprint density at radius 1 is 1.31 bits per heavy atom. The summed E-state index contributed by atoms with van der Waals surface area (Å²) in [6.45, 7) is 4.70. The van der Waals surface area contributed by atoms with E-state index in [4.69, 9.17) is 0 Å². The van der Waals surface area contributed by atoms with Crippen molar-refractivity contribution in [1.82, 2.24) is 4.98 Å². The summed E-state index contributed by atoms with van der Waals surface area (Å²) in [5.41, 5.74) is 0. The normalized spacial score (nSPS) is 30.2. The summed E-state index contributed by atoms with van der Waals surface area (Å²) in [5.74, 6) is 3.45. The van der Waals surface area contributed by atoms with Crippen molar-refractivity contribution in [1.29, 1.82) is 0 Å². The molecule has 16 heavy (non-hydrogen) atoms. The van der Waals surface area contributed by atoms with Gasteiger partial charge in [-0.2, -0.15) is 0 Å². The Hall–Kier alpha value is -0.370. The fourth-order valence-corrected chi connectivity index (χ4v) is 4.39. The number of hydrogen-bond donors (Lipinski definition) is 0. The van der Waals surface area contributed by atoms with Gasteiger partial charge in [-0.1, -0.05) is 26.7 Å². The van der Waals surface area contributed by atoms with Gasteiger partial charge in [-0.3, -0.25) is 0 Å². The van der Waals surface area contributed by atoms with Gasteiger partial charge in [0.1, 0.15) is 0 Å². The molecule has 2 aliphatic rings. The first-order chi connectivity index (χ1) is 7.75. The third-order valence-corrected chi connectivity index (χ3v) is 5.60. The van der Waals surface area contributed by atoms with Crippen molar-refractivity contribution in [3.8, 4) is 0 Å². The van der Waals surface area contributed by atoms with Crippen molar-refractivity contribution in [2.45, 2.75) is 57.8 Å². The molecule has 0 bridgehead atoms. The maximum absolute atomic E-state index is 4.67. The van der Waals surface area contributed by atoms with Crippen LogP contribution in [0, 0.1) is 11.8 Å². The zero-order valence-corrected chi connectivity index (χ0v) is 11.1. The van der Waals surface area contributed by atoms with Crippen LogP contribution >= 0.6 is 11.3 Å². The predicted molar refractivity (Wildman–Crippen MR) is 69.0 cm³/mol. The summed E-state index contributed by atoms with van der Waals surface area (Å²) < 4.78 is 0. The molecule has 2 fully saturated rings. The van der Waals surface area contributed by atoms with E-state index in [1.165, 1.54) is 37.1 Å². The van der Waals surface area contributed by atoms with E-state index in [0.717, 1.165) is 23.7 Å². The Morgan fingerprint density at radius 3 is 2.69 bits per heavy atom. The van der Waals surface area contributed by atoms with Crippen LogP contribution in [0.15, 0.2) is 6.20 Å². The van der Waals surface area contributed by atoms with E-state index < -0.39 is 0 Å². The average molecular weight is 235 g/mol. The van der Waals surface area contributed by atoms with Gasteiger partial charge in [-0.15, -0.1) is 11.3 Å². The first-order valence-corrected chi connectivity index (χ1v) is 7.53. The number of hydrogen-bond acceptors (Lipinski definition) is 2. The van der Waals surface area contributed by atoms with E-state index in [2.05, 4.69) is 25.0 Å². The first-order valence-electron chi connectivity index (χ1n) is 6.71. The molecule has 0 spiro atoms. The van der Waals surface area contributed by atoms with E-state index in [-0.39, 0.29) is 0 Å². The highest BCUT2D eigenvalue weighted by atomic mass is 32.1. The third kappa shape index (κ3) is 1.92. The summed E-state index contributed by atoms with van der Waals surface area (Å²) in [6, 6.07) is 0. The molecule has 0 aromatic carbocycles. The monoisotopic (exact) mass is 235 g/mol. The average Bonchev–Trinajstić information content (AvgIpc) is 2.72. The molecule has 0 amide bonds. The van der Waals surface area contributed by atoms with Crippen molar-refractivity contribution in [2.24, 2.45) is 11.8 Å². The molecule has 88 valence electrons. The molecule has 0 radical (unpaired) electrons. The van der Waals surface area contributed by atoms with Gasteiger partial charge in [0.15, 0.2) is 0 Å². The summed E-state index contributed by atoms with van der Waals surface area (Å²) in [4.78, 5) is 6.24. The Balaban J connectivity index is 1.69. The van der Waals surface area contributed by atoms with Crippen LogP contribution in [0.2, 0.25) is 0 Å². The molecule has 2 heteroatoms.